The van der Waals surface area contributed by atoms with Crippen LogP contribution in [0.1, 0.15) is 48.5 Å². The molecule has 2 rings (SSSR count). The molecule has 2 N–H and O–H groups in total. The smallest absolute Gasteiger partial charge is 0.262 e. The first-order valence-electron chi connectivity index (χ1n) is 9.94. The van der Waals surface area contributed by atoms with Crippen molar-refractivity contribution in [1.29, 1.82) is 0 Å². The number of carbonyl (C=O) groups is 2. The molecule has 2 aromatic carbocycles. The third kappa shape index (κ3) is 6.91. The molecule has 29 heavy (non-hydrogen) atoms. The van der Waals surface area contributed by atoms with Gasteiger partial charge in [0.05, 0.1) is 11.3 Å². The highest BCUT2D eigenvalue weighted by molar-refractivity contribution is 6.04. The van der Waals surface area contributed by atoms with Crippen LogP contribution in [0.5, 0.6) is 5.75 Å². The molecule has 6 heteroatoms. The van der Waals surface area contributed by atoms with E-state index in [4.69, 9.17) is 9.47 Å². The van der Waals surface area contributed by atoms with Crippen LogP contribution in [-0.2, 0) is 9.53 Å². The molecule has 0 saturated carbocycles. The fraction of sp³-hybridized carbons (Fsp3) is 0.391. The topological polar surface area (TPSA) is 76.7 Å². The van der Waals surface area contributed by atoms with E-state index in [1.807, 2.05) is 24.3 Å². The minimum Gasteiger partial charge on any atom is -0.483 e. The minimum atomic E-state index is -0.316. The Morgan fingerprint density at radius 1 is 1.07 bits per heavy atom. The summed E-state index contributed by atoms with van der Waals surface area (Å²) in [6.45, 7) is 5.20. The number of methoxy groups -OCH3 is 1. The molecule has 0 spiro atoms. The fourth-order valence-corrected chi connectivity index (χ4v) is 2.87. The third-order valence-corrected chi connectivity index (χ3v) is 4.68. The first-order valence-corrected chi connectivity index (χ1v) is 9.94. The second kappa shape index (κ2) is 11.9. The van der Waals surface area contributed by atoms with Crippen LogP contribution >= 0.6 is 0 Å². The first-order chi connectivity index (χ1) is 14.1. The number of anilines is 1. The van der Waals surface area contributed by atoms with Gasteiger partial charge in [-0.2, -0.15) is 0 Å². The van der Waals surface area contributed by atoms with Crippen molar-refractivity contribution in [3.8, 4) is 5.75 Å². The lowest BCUT2D eigenvalue weighted by molar-refractivity contribution is -0.118. The van der Waals surface area contributed by atoms with Crippen molar-refractivity contribution in [2.75, 3.05) is 32.2 Å². The van der Waals surface area contributed by atoms with Crippen LogP contribution in [0.4, 0.5) is 5.69 Å². The van der Waals surface area contributed by atoms with Gasteiger partial charge >= 0.3 is 0 Å². The van der Waals surface area contributed by atoms with E-state index in [0.29, 0.717) is 36.1 Å². The summed E-state index contributed by atoms with van der Waals surface area (Å²) in [5.41, 5.74) is 1.96. The molecule has 2 aromatic rings. The number of hydrogen-bond acceptors (Lipinski definition) is 4. The van der Waals surface area contributed by atoms with Crippen molar-refractivity contribution in [1.82, 2.24) is 5.32 Å². The lowest BCUT2D eigenvalue weighted by Gasteiger charge is -2.16. The number of para-hydroxylation sites is 2. The predicted octanol–water partition coefficient (Wildman–Crippen LogP) is 3.98. The summed E-state index contributed by atoms with van der Waals surface area (Å²) in [7, 11) is 1.62. The molecule has 1 atom stereocenters. The van der Waals surface area contributed by atoms with Gasteiger partial charge in [0.25, 0.3) is 11.8 Å². The van der Waals surface area contributed by atoms with Crippen molar-refractivity contribution < 1.29 is 19.1 Å². The molecule has 0 saturated heterocycles. The number of ether oxygens (including phenoxy) is 2. The molecular weight excluding hydrogens is 368 g/mol. The van der Waals surface area contributed by atoms with Crippen LogP contribution in [0.3, 0.4) is 0 Å². The zero-order valence-electron chi connectivity index (χ0n) is 17.4. The lowest BCUT2D eigenvalue weighted by Crippen LogP contribution is -2.27. The maximum absolute atomic E-state index is 12.4. The zero-order chi connectivity index (χ0) is 21.1. The van der Waals surface area contributed by atoms with Gasteiger partial charge in [0.1, 0.15) is 5.75 Å². The highest BCUT2D eigenvalue weighted by Gasteiger charge is 2.14. The lowest BCUT2D eigenvalue weighted by atomic mass is 9.98. The average molecular weight is 399 g/mol. The Morgan fingerprint density at radius 3 is 2.55 bits per heavy atom. The molecule has 2 amide bonds. The number of carbonyl (C=O) groups excluding carboxylic acids is 2. The Labute approximate surface area is 172 Å². The summed E-state index contributed by atoms with van der Waals surface area (Å²) in [4.78, 5) is 24.8. The van der Waals surface area contributed by atoms with Crippen LogP contribution < -0.4 is 15.4 Å². The first kappa shape index (κ1) is 22.4. The van der Waals surface area contributed by atoms with Crippen LogP contribution in [0.2, 0.25) is 0 Å². The molecule has 0 bridgehead atoms. The maximum Gasteiger partial charge on any atom is 0.262 e. The summed E-state index contributed by atoms with van der Waals surface area (Å²) >= 11 is 0. The van der Waals surface area contributed by atoms with Crippen molar-refractivity contribution >= 4 is 17.5 Å². The van der Waals surface area contributed by atoms with Crippen molar-refractivity contribution in [2.24, 2.45) is 0 Å². The van der Waals surface area contributed by atoms with Gasteiger partial charge in [0.15, 0.2) is 6.61 Å². The molecule has 6 nitrogen and oxygen atoms in total. The van der Waals surface area contributed by atoms with Crippen LogP contribution in [0.25, 0.3) is 0 Å². The van der Waals surface area contributed by atoms with Gasteiger partial charge in [0.2, 0.25) is 0 Å². The van der Waals surface area contributed by atoms with Crippen LogP contribution in [0.15, 0.2) is 48.5 Å². The number of benzene rings is 2. The Kier molecular flexibility index (Phi) is 9.18. The zero-order valence-corrected chi connectivity index (χ0v) is 17.4. The quantitative estimate of drug-likeness (QED) is 0.561. The van der Waals surface area contributed by atoms with Gasteiger partial charge in [-0.1, -0.05) is 44.2 Å². The number of nitrogens with one attached hydrogen (secondary N) is 2. The monoisotopic (exact) mass is 398 g/mol. The van der Waals surface area contributed by atoms with E-state index in [1.54, 1.807) is 31.4 Å². The summed E-state index contributed by atoms with van der Waals surface area (Å²) in [6.07, 6.45) is 1.71. The summed E-state index contributed by atoms with van der Waals surface area (Å²) in [5, 5.41) is 5.61. The molecule has 0 fully saturated rings. The standard InChI is InChI=1S/C23H30N2O4/c1-4-17(2)18-10-6-8-13-21(18)29-16-22(26)25-20-12-7-5-11-19(20)23(27)24-14-9-15-28-3/h5-8,10-13,17H,4,9,14-16H2,1-3H3,(H,24,27)(H,25,26). The van der Waals surface area contributed by atoms with Gasteiger partial charge in [-0.15, -0.1) is 0 Å². The molecule has 0 aliphatic rings. The van der Waals surface area contributed by atoms with E-state index in [0.717, 1.165) is 18.4 Å². The van der Waals surface area contributed by atoms with Crippen LogP contribution in [0, 0.1) is 0 Å². The second-order valence-electron chi connectivity index (χ2n) is 6.83. The normalized spacial score (nSPS) is 11.6. The van der Waals surface area contributed by atoms with E-state index in [-0.39, 0.29) is 18.4 Å². The summed E-state index contributed by atoms with van der Waals surface area (Å²) < 4.78 is 10.7. The molecule has 0 heterocycles. The highest BCUT2D eigenvalue weighted by atomic mass is 16.5. The molecule has 1 unspecified atom stereocenters. The molecule has 0 radical (unpaired) electrons. The molecule has 0 aromatic heterocycles. The molecular formula is C23H30N2O4. The number of hydrogen-bond donors (Lipinski definition) is 2. The molecule has 0 aliphatic heterocycles. The predicted molar refractivity (Wildman–Crippen MR) is 115 cm³/mol. The third-order valence-electron chi connectivity index (χ3n) is 4.68. The Morgan fingerprint density at radius 2 is 1.79 bits per heavy atom. The number of rotatable bonds is 11. The number of amides is 2. The van der Waals surface area contributed by atoms with Gasteiger partial charge in [-0.3, -0.25) is 9.59 Å². The van der Waals surface area contributed by atoms with E-state index in [2.05, 4.69) is 24.5 Å². The van der Waals surface area contributed by atoms with E-state index in [1.165, 1.54) is 0 Å². The van der Waals surface area contributed by atoms with Crippen molar-refractivity contribution in [3.63, 3.8) is 0 Å². The van der Waals surface area contributed by atoms with Crippen molar-refractivity contribution in [3.05, 3.63) is 59.7 Å². The van der Waals surface area contributed by atoms with Crippen molar-refractivity contribution in [2.45, 2.75) is 32.6 Å². The SMILES string of the molecule is CCC(C)c1ccccc1OCC(=O)Nc1ccccc1C(=O)NCCCOC. The second-order valence-corrected chi connectivity index (χ2v) is 6.83. The maximum atomic E-state index is 12.4. The van der Waals surface area contributed by atoms with Gasteiger partial charge in [-0.25, -0.2) is 0 Å². The van der Waals surface area contributed by atoms with Gasteiger partial charge in [-0.05, 0) is 42.5 Å². The largest absolute Gasteiger partial charge is 0.483 e. The van der Waals surface area contributed by atoms with Crippen LogP contribution in [-0.4, -0.2) is 38.7 Å². The fourth-order valence-electron chi connectivity index (χ4n) is 2.87. The average Bonchev–Trinajstić information content (AvgIpc) is 2.75. The van der Waals surface area contributed by atoms with E-state index in [9.17, 15) is 9.59 Å². The highest BCUT2D eigenvalue weighted by Crippen LogP contribution is 2.28. The summed E-state index contributed by atoms with van der Waals surface area (Å²) in [6, 6.07) is 14.7. The Hall–Kier alpha value is -2.86. The van der Waals surface area contributed by atoms with Gasteiger partial charge < -0.3 is 20.1 Å². The Balaban J connectivity index is 1.97. The molecule has 0 aliphatic carbocycles. The van der Waals surface area contributed by atoms with Gasteiger partial charge in [0, 0.05) is 20.3 Å². The Bertz CT molecular complexity index is 807. The van der Waals surface area contributed by atoms with E-state index >= 15 is 0 Å². The van der Waals surface area contributed by atoms with E-state index < -0.39 is 0 Å². The molecule has 156 valence electrons. The summed E-state index contributed by atoms with van der Waals surface area (Å²) in [5.74, 6) is 0.501. The minimum absolute atomic E-state index is 0.128.